The Balaban J connectivity index is 2.03. The lowest BCUT2D eigenvalue weighted by molar-refractivity contribution is -0.137. The van der Waals surface area contributed by atoms with E-state index in [0.717, 1.165) is 0 Å². The molecule has 1 amide bonds. The predicted molar refractivity (Wildman–Crippen MR) is 99.2 cm³/mol. The number of amides is 1. The zero-order valence-electron chi connectivity index (χ0n) is 14.3. The van der Waals surface area contributed by atoms with Crippen LogP contribution in [0.2, 0.25) is 10.0 Å². The van der Waals surface area contributed by atoms with Crippen LogP contribution >= 0.6 is 23.2 Å². The van der Waals surface area contributed by atoms with Crippen molar-refractivity contribution in [2.24, 2.45) is 0 Å². The maximum Gasteiger partial charge on any atom is 0.303 e. The standard InChI is InChI=1S/C18H18Cl2N2O4/c1-18(2,9-8-15(23)24)22-17(25)11-6-7-14(21-10-11)26-13-5-3-4-12(19)16(13)20/h3-7,10H,8-9H2,1-2H3,(H,22,25)(H,23,24). The fourth-order valence-electron chi connectivity index (χ4n) is 2.11. The van der Waals surface area contributed by atoms with Gasteiger partial charge in [0.05, 0.1) is 10.6 Å². The van der Waals surface area contributed by atoms with Gasteiger partial charge < -0.3 is 15.2 Å². The minimum atomic E-state index is -0.907. The molecule has 138 valence electrons. The van der Waals surface area contributed by atoms with Gasteiger partial charge in [-0.3, -0.25) is 9.59 Å². The smallest absolute Gasteiger partial charge is 0.303 e. The van der Waals surface area contributed by atoms with Crippen molar-refractivity contribution in [3.05, 3.63) is 52.1 Å². The molecule has 0 aliphatic rings. The Labute approximate surface area is 161 Å². The van der Waals surface area contributed by atoms with Crippen LogP contribution in [0, 0.1) is 0 Å². The summed E-state index contributed by atoms with van der Waals surface area (Å²) in [5.74, 6) is -0.634. The fraction of sp³-hybridized carbons (Fsp3) is 0.278. The van der Waals surface area contributed by atoms with E-state index in [-0.39, 0.29) is 23.2 Å². The van der Waals surface area contributed by atoms with Gasteiger partial charge in [-0.25, -0.2) is 4.98 Å². The van der Waals surface area contributed by atoms with Gasteiger partial charge in [-0.2, -0.15) is 0 Å². The van der Waals surface area contributed by atoms with Gasteiger partial charge in [0.2, 0.25) is 5.88 Å². The molecule has 6 nitrogen and oxygen atoms in total. The third-order valence-electron chi connectivity index (χ3n) is 3.55. The molecular formula is C18H18Cl2N2O4. The van der Waals surface area contributed by atoms with Gasteiger partial charge in [0.15, 0.2) is 0 Å². The Bertz CT molecular complexity index is 807. The van der Waals surface area contributed by atoms with Crippen molar-refractivity contribution in [2.75, 3.05) is 0 Å². The van der Waals surface area contributed by atoms with E-state index < -0.39 is 11.5 Å². The molecule has 2 aromatic rings. The molecule has 2 N–H and O–H groups in total. The molecule has 0 saturated heterocycles. The molecule has 0 radical (unpaired) electrons. The summed E-state index contributed by atoms with van der Waals surface area (Å²) < 4.78 is 5.57. The first-order valence-electron chi connectivity index (χ1n) is 7.80. The number of carbonyl (C=O) groups excluding carboxylic acids is 1. The molecule has 8 heteroatoms. The number of hydrogen-bond acceptors (Lipinski definition) is 4. The van der Waals surface area contributed by atoms with Crippen molar-refractivity contribution in [3.63, 3.8) is 0 Å². The van der Waals surface area contributed by atoms with E-state index in [1.54, 1.807) is 38.1 Å². The summed E-state index contributed by atoms with van der Waals surface area (Å²) in [6.07, 6.45) is 1.66. The summed E-state index contributed by atoms with van der Waals surface area (Å²) in [6.45, 7) is 3.53. The number of rotatable bonds is 7. The molecule has 1 aromatic carbocycles. The lowest BCUT2D eigenvalue weighted by Gasteiger charge is -2.25. The number of carboxylic acids is 1. The van der Waals surface area contributed by atoms with Gasteiger partial charge in [0.25, 0.3) is 5.91 Å². The fourth-order valence-corrected chi connectivity index (χ4v) is 2.44. The largest absolute Gasteiger partial charge is 0.481 e. The number of nitrogens with one attached hydrogen (secondary N) is 1. The number of carbonyl (C=O) groups is 2. The van der Waals surface area contributed by atoms with E-state index >= 15 is 0 Å². The Kier molecular flexibility index (Phi) is 6.45. The van der Waals surface area contributed by atoms with E-state index in [4.69, 9.17) is 33.0 Å². The summed E-state index contributed by atoms with van der Waals surface area (Å²) in [7, 11) is 0. The zero-order valence-corrected chi connectivity index (χ0v) is 15.8. The molecule has 1 heterocycles. The van der Waals surface area contributed by atoms with E-state index in [2.05, 4.69) is 10.3 Å². The predicted octanol–water partition coefficient (Wildman–Crippen LogP) is 4.55. The number of nitrogens with zero attached hydrogens (tertiary/aromatic N) is 1. The first-order valence-corrected chi connectivity index (χ1v) is 8.56. The van der Waals surface area contributed by atoms with Gasteiger partial charge in [-0.15, -0.1) is 0 Å². The molecule has 0 bridgehead atoms. The Hall–Kier alpha value is -2.31. The highest BCUT2D eigenvalue weighted by molar-refractivity contribution is 6.42. The van der Waals surface area contributed by atoms with Gasteiger partial charge in [-0.1, -0.05) is 29.3 Å². The summed E-state index contributed by atoms with van der Waals surface area (Å²) in [6, 6.07) is 8.09. The summed E-state index contributed by atoms with van der Waals surface area (Å²) in [4.78, 5) is 27.1. The molecular weight excluding hydrogens is 379 g/mol. The quantitative estimate of drug-likeness (QED) is 0.716. The Morgan fingerprint density at radius 1 is 1.23 bits per heavy atom. The molecule has 1 aromatic heterocycles. The summed E-state index contributed by atoms with van der Waals surface area (Å²) in [5.41, 5.74) is -0.322. The topological polar surface area (TPSA) is 88.5 Å². The van der Waals surface area contributed by atoms with E-state index in [1.165, 1.54) is 12.3 Å². The van der Waals surface area contributed by atoms with E-state index in [9.17, 15) is 9.59 Å². The van der Waals surface area contributed by atoms with Crippen LogP contribution in [0.25, 0.3) is 0 Å². The van der Waals surface area contributed by atoms with Crippen LogP contribution in [0.3, 0.4) is 0 Å². The van der Waals surface area contributed by atoms with Gasteiger partial charge in [0, 0.05) is 24.2 Å². The number of hydrogen-bond donors (Lipinski definition) is 2. The maximum absolute atomic E-state index is 12.3. The first kappa shape index (κ1) is 20.0. The molecule has 2 rings (SSSR count). The summed E-state index contributed by atoms with van der Waals surface area (Å²) in [5, 5.41) is 12.2. The third kappa shape index (κ3) is 5.61. The number of aliphatic carboxylic acids is 1. The molecule has 0 unspecified atom stereocenters. The second-order valence-corrected chi connectivity index (χ2v) is 7.06. The van der Waals surface area contributed by atoms with Crippen molar-refractivity contribution in [3.8, 4) is 11.6 Å². The van der Waals surface area contributed by atoms with Crippen LogP contribution < -0.4 is 10.1 Å². The highest BCUT2D eigenvalue weighted by atomic mass is 35.5. The second kappa shape index (κ2) is 8.38. The van der Waals surface area contributed by atoms with E-state index in [0.29, 0.717) is 22.8 Å². The number of pyridine rings is 1. The number of aromatic nitrogens is 1. The monoisotopic (exact) mass is 396 g/mol. The van der Waals surface area contributed by atoms with Crippen LogP contribution in [-0.2, 0) is 4.79 Å². The Morgan fingerprint density at radius 3 is 2.58 bits per heavy atom. The highest BCUT2D eigenvalue weighted by Crippen LogP contribution is 2.33. The zero-order chi connectivity index (χ0) is 19.3. The normalized spacial score (nSPS) is 11.1. The van der Waals surface area contributed by atoms with Gasteiger partial charge >= 0.3 is 5.97 Å². The second-order valence-electron chi connectivity index (χ2n) is 6.27. The molecule has 0 atom stereocenters. The van der Waals surface area contributed by atoms with Gasteiger partial charge in [0.1, 0.15) is 10.8 Å². The molecule has 0 saturated carbocycles. The highest BCUT2D eigenvalue weighted by Gasteiger charge is 2.22. The maximum atomic E-state index is 12.3. The SMILES string of the molecule is CC(C)(CCC(=O)O)NC(=O)c1ccc(Oc2cccc(Cl)c2Cl)nc1. The number of ether oxygens (including phenoxy) is 1. The van der Waals surface area contributed by atoms with Crippen molar-refractivity contribution < 1.29 is 19.4 Å². The molecule has 0 fully saturated rings. The average molecular weight is 397 g/mol. The number of carboxylic acid groups (broad SMARTS) is 1. The van der Waals surface area contributed by atoms with Crippen LogP contribution in [0.4, 0.5) is 0 Å². The van der Waals surface area contributed by atoms with Gasteiger partial charge in [-0.05, 0) is 38.5 Å². The minimum Gasteiger partial charge on any atom is -0.481 e. The van der Waals surface area contributed by atoms with E-state index in [1.807, 2.05) is 0 Å². The average Bonchev–Trinajstić information content (AvgIpc) is 2.57. The van der Waals surface area contributed by atoms with Crippen molar-refractivity contribution in [1.29, 1.82) is 0 Å². The molecule has 26 heavy (non-hydrogen) atoms. The molecule has 0 spiro atoms. The summed E-state index contributed by atoms with van der Waals surface area (Å²) >= 11 is 12.0. The number of benzene rings is 1. The van der Waals surface area contributed by atoms with Crippen molar-refractivity contribution in [2.45, 2.75) is 32.2 Å². The number of halogens is 2. The lowest BCUT2D eigenvalue weighted by Crippen LogP contribution is -2.43. The van der Waals surface area contributed by atoms with Crippen LogP contribution in [-0.4, -0.2) is 27.5 Å². The molecule has 0 aliphatic heterocycles. The van der Waals surface area contributed by atoms with Crippen molar-refractivity contribution in [1.82, 2.24) is 10.3 Å². The van der Waals surface area contributed by atoms with Crippen LogP contribution in [0.15, 0.2) is 36.5 Å². The lowest BCUT2D eigenvalue weighted by atomic mass is 9.98. The minimum absolute atomic E-state index is 0.0291. The Morgan fingerprint density at radius 2 is 1.96 bits per heavy atom. The van der Waals surface area contributed by atoms with Crippen LogP contribution in [0.5, 0.6) is 11.6 Å². The first-order chi connectivity index (χ1) is 12.2. The van der Waals surface area contributed by atoms with Crippen molar-refractivity contribution >= 4 is 35.1 Å². The molecule has 0 aliphatic carbocycles. The van der Waals surface area contributed by atoms with Crippen LogP contribution in [0.1, 0.15) is 37.0 Å². The third-order valence-corrected chi connectivity index (χ3v) is 4.35.